The number of benzene rings is 1. The van der Waals surface area contributed by atoms with Crippen LogP contribution in [0.1, 0.15) is 12.5 Å². The molecule has 0 fully saturated rings. The van der Waals surface area contributed by atoms with Gasteiger partial charge in [0.2, 0.25) is 5.16 Å². The first-order valence-corrected chi connectivity index (χ1v) is 7.57. The van der Waals surface area contributed by atoms with Crippen LogP contribution in [-0.4, -0.2) is 25.2 Å². The van der Waals surface area contributed by atoms with E-state index in [1.54, 1.807) is 22.6 Å². The Labute approximate surface area is 125 Å². The van der Waals surface area contributed by atoms with Crippen LogP contribution in [0.3, 0.4) is 0 Å². The summed E-state index contributed by atoms with van der Waals surface area (Å²) in [6, 6.07) is 7.78. The monoisotopic (exact) mass is 305 g/mol. The van der Waals surface area contributed by atoms with Crippen molar-refractivity contribution >= 4 is 34.3 Å². The van der Waals surface area contributed by atoms with Gasteiger partial charge < -0.3 is 0 Å². The van der Waals surface area contributed by atoms with Gasteiger partial charge in [0, 0.05) is 28.9 Å². The number of hydrogen-bond acceptors (Lipinski definition) is 5. The van der Waals surface area contributed by atoms with Crippen molar-refractivity contribution in [2.75, 3.05) is 0 Å². The highest BCUT2D eigenvalue weighted by atomic mass is 35.5. The molecule has 0 bridgehead atoms. The number of fused-ring (bicyclic) bond motifs is 1. The Balaban J connectivity index is 1.90. The van der Waals surface area contributed by atoms with Crippen molar-refractivity contribution in [3.05, 3.63) is 41.0 Å². The number of hydrogen-bond donors (Lipinski definition) is 0. The second kappa shape index (κ2) is 5.76. The molecule has 20 heavy (non-hydrogen) atoms. The predicted octanol–water partition coefficient (Wildman–Crippen LogP) is 3.19. The zero-order valence-corrected chi connectivity index (χ0v) is 12.4. The quantitative estimate of drug-likeness (QED) is 0.693. The highest BCUT2D eigenvalue weighted by molar-refractivity contribution is 7.98. The number of halogens is 1. The molecule has 2 aromatic heterocycles. The van der Waals surface area contributed by atoms with Crippen molar-refractivity contribution in [2.24, 2.45) is 0 Å². The number of rotatable bonds is 4. The van der Waals surface area contributed by atoms with Crippen LogP contribution >= 0.6 is 23.4 Å². The van der Waals surface area contributed by atoms with Gasteiger partial charge in [0.25, 0.3) is 0 Å². The third kappa shape index (κ3) is 2.48. The lowest BCUT2D eigenvalue weighted by Gasteiger charge is -2.06. The van der Waals surface area contributed by atoms with Gasteiger partial charge in [-0.25, -0.2) is 4.68 Å². The Kier molecular flexibility index (Phi) is 3.84. The minimum atomic E-state index is 0.722. The fourth-order valence-electron chi connectivity index (χ4n) is 1.95. The molecule has 0 aliphatic rings. The van der Waals surface area contributed by atoms with Gasteiger partial charge in [-0.15, -0.1) is 5.10 Å². The zero-order chi connectivity index (χ0) is 13.9. The molecule has 0 spiro atoms. The Morgan fingerprint density at radius 2 is 2.20 bits per heavy atom. The number of tetrazole rings is 1. The second-order valence-electron chi connectivity index (χ2n) is 4.17. The van der Waals surface area contributed by atoms with Crippen LogP contribution in [0, 0.1) is 0 Å². The van der Waals surface area contributed by atoms with Gasteiger partial charge in [-0.2, -0.15) is 0 Å². The van der Waals surface area contributed by atoms with Gasteiger partial charge in [-0.3, -0.25) is 4.98 Å². The van der Waals surface area contributed by atoms with E-state index in [4.69, 9.17) is 11.6 Å². The maximum atomic E-state index is 6.19. The van der Waals surface area contributed by atoms with Gasteiger partial charge >= 0.3 is 0 Å². The Bertz CT molecular complexity index is 742. The van der Waals surface area contributed by atoms with E-state index in [1.807, 2.05) is 31.2 Å². The van der Waals surface area contributed by atoms with E-state index >= 15 is 0 Å². The highest BCUT2D eigenvalue weighted by Gasteiger charge is 2.09. The normalized spacial score (nSPS) is 11.1. The van der Waals surface area contributed by atoms with E-state index in [0.29, 0.717) is 0 Å². The average molecular weight is 306 g/mol. The molecular formula is C13H12ClN5S. The predicted molar refractivity (Wildman–Crippen MR) is 79.8 cm³/mol. The molecule has 0 radical (unpaired) electrons. The molecule has 0 saturated carbocycles. The van der Waals surface area contributed by atoms with E-state index < -0.39 is 0 Å². The molecule has 5 nitrogen and oxygen atoms in total. The van der Waals surface area contributed by atoms with Crippen LogP contribution < -0.4 is 0 Å². The maximum Gasteiger partial charge on any atom is 0.209 e. The molecule has 2 heterocycles. The number of nitrogens with zero attached hydrogens (tertiary/aromatic N) is 5. The molecule has 0 unspecified atom stereocenters. The fraction of sp³-hybridized carbons (Fsp3) is 0.231. The molecule has 0 aliphatic carbocycles. The minimum Gasteiger partial charge on any atom is -0.256 e. The van der Waals surface area contributed by atoms with Crippen molar-refractivity contribution in [1.82, 2.24) is 25.2 Å². The lowest BCUT2D eigenvalue weighted by atomic mass is 10.1. The molecule has 0 atom stereocenters. The van der Waals surface area contributed by atoms with E-state index in [0.717, 1.165) is 38.9 Å². The van der Waals surface area contributed by atoms with E-state index in [9.17, 15) is 0 Å². The summed E-state index contributed by atoms with van der Waals surface area (Å²) in [6.45, 7) is 2.77. The van der Waals surface area contributed by atoms with Gasteiger partial charge in [-0.1, -0.05) is 29.4 Å². The lowest BCUT2D eigenvalue weighted by Crippen LogP contribution is -1.99. The molecule has 0 amide bonds. The summed E-state index contributed by atoms with van der Waals surface area (Å²) in [6.07, 6.45) is 1.78. The first-order valence-electron chi connectivity index (χ1n) is 6.20. The first kappa shape index (κ1) is 13.3. The molecule has 0 saturated heterocycles. The summed E-state index contributed by atoms with van der Waals surface area (Å²) in [5.41, 5.74) is 2.06. The fourth-order valence-corrected chi connectivity index (χ4v) is 3.10. The molecular weight excluding hydrogens is 294 g/mol. The van der Waals surface area contributed by atoms with Crippen LogP contribution in [0.2, 0.25) is 5.02 Å². The van der Waals surface area contributed by atoms with Crippen molar-refractivity contribution in [2.45, 2.75) is 24.4 Å². The maximum absolute atomic E-state index is 6.19. The average Bonchev–Trinajstić information content (AvgIpc) is 2.94. The SMILES string of the molecule is CCn1nnnc1SCc1ccc(Cl)c2cccnc12. The largest absolute Gasteiger partial charge is 0.256 e. The van der Waals surface area contributed by atoms with Crippen molar-refractivity contribution in [3.8, 4) is 0 Å². The summed E-state index contributed by atoms with van der Waals surface area (Å²) in [5.74, 6) is 0.755. The van der Waals surface area contributed by atoms with Gasteiger partial charge in [-0.05, 0) is 41.1 Å². The van der Waals surface area contributed by atoms with Crippen molar-refractivity contribution in [3.63, 3.8) is 0 Å². The molecule has 7 heteroatoms. The van der Waals surface area contributed by atoms with Gasteiger partial charge in [0.1, 0.15) is 0 Å². The smallest absolute Gasteiger partial charge is 0.209 e. The third-order valence-electron chi connectivity index (χ3n) is 2.96. The third-order valence-corrected chi connectivity index (χ3v) is 4.29. The summed E-state index contributed by atoms with van der Waals surface area (Å²) in [7, 11) is 0. The molecule has 3 aromatic rings. The summed E-state index contributed by atoms with van der Waals surface area (Å²) >= 11 is 7.79. The Morgan fingerprint density at radius 3 is 3.05 bits per heavy atom. The molecule has 1 aromatic carbocycles. The molecule has 102 valence electrons. The molecule has 3 rings (SSSR count). The number of pyridine rings is 1. The van der Waals surface area contributed by atoms with Crippen molar-refractivity contribution in [1.29, 1.82) is 0 Å². The summed E-state index contributed by atoms with van der Waals surface area (Å²) in [4.78, 5) is 4.43. The van der Waals surface area contributed by atoms with Crippen LogP contribution in [0.25, 0.3) is 10.9 Å². The van der Waals surface area contributed by atoms with Gasteiger partial charge in [0.15, 0.2) is 0 Å². The van der Waals surface area contributed by atoms with Crippen molar-refractivity contribution < 1.29 is 0 Å². The second-order valence-corrected chi connectivity index (χ2v) is 5.52. The summed E-state index contributed by atoms with van der Waals surface area (Å²) in [5, 5.41) is 14.1. The Hall–Kier alpha value is -1.66. The number of aromatic nitrogens is 5. The highest BCUT2D eigenvalue weighted by Crippen LogP contribution is 2.28. The topological polar surface area (TPSA) is 56.5 Å². The molecule has 0 aliphatic heterocycles. The first-order chi connectivity index (χ1) is 9.79. The Morgan fingerprint density at radius 1 is 1.30 bits per heavy atom. The van der Waals surface area contributed by atoms with E-state index in [1.165, 1.54) is 0 Å². The minimum absolute atomic E-state index is 0.722. The van der Waals surface area contributed by atoms with E-state index in [2.05, 4.69) is 20.5 Å². The number of aryl methyl sites for hydroxylation is 1. The van der Waals surface area contributed by atoms with Crippen LogP contribution in [0.15, 0.2) is 35.6 Å². The van der Waals surface area contributed by atoms with E-state index in [-0.39, 0.29) is 0 Å². The zero-order valence-electron chi connectivity index (χ0n) is 10.8. The lowest BCUT2D eigenvalue weighted by molar-refractivity contribution is 0.581. The number of thioether (sulfide) groups is 1. The van der Waals surface area contributed by atoms with Crippen LogP contribution in [-0.2, 0) is 12.3 Å². The molecule has 0 N–H and O–H groups in total. The van der Waals surface area contributed by atoms with Crippen LogP contribution in [0.5, 0.6) is 0 Å². The summed E-state index contributed by atoms with van der Waals surface area (Å²) < 4.78 is 1.77. The van der Waals surface area contributed by atoms with Crippen LogP contribution in [0.4, 0.5) is 0 Å². The van der Waals surface area contributed by atoms with Gasteiger partial charge in [0.05, 0.1) is 5.52 Å². The standard InChI is InChI=1S/C13H12ClN5S/c1-2-19-13(16-17-18-19)20-8-9-5-6-11(14)10-4-3-7-15-12(9)10/h3-7H,2,8H2,1H3.